The summed E-state index contributed by atoms with van der Waals surface area (Å²) in [6.45, 7) is 4.13. The molecule has 11 heteroatoms. The number of nitrogens with one attached hydrogen (secondary N) is 2. The summed E-state index contributed by atoms with van der Waals surface area (Å²) < 4.78 is 28.3. The molecule has 0 saturated heterocycles. The Morgan fingerprint density at radius 1 is 1.00 bits per heavy atom. The molecule has 3 rings (SSSR count). The van der Waals surface area contributed by atoms with Crippen LogP contribution in [0.2, 0.25) is 0 Å². The molecule has 5 atom stereocenters. The quantitative estimate of drug-likeness (QED) is 0.166. The number of likely N-dealkylation sites (N-methyl/N-ethyl adjacent to an activating group) is 1. The predicted octanol–water partition coefficient (Wildman–Crippen LogP) is 3.48. The lowest BCUT2D eigenvalue weighted by Gasteiger charge is -2.33. The van der Waals surface area contributed by atoms with E-state index in [-0.39, 0.29) is 25.3 Å². The minimum atomic E-state index is -3.87. The number of pyridine rings is 1. The van der Waals surface area contributed by atoms with Gasteiger partial charge in [-0.15, -0.1) is 12.3 Å². The first kappa shape index (κ1) is 39.1. The van der Waals surface area contributed by atoms with E-state index in [9.17, 15) is 28.2 Å². The average molecular weight is 683 g/mol. The highest BCUT2D eigenvalue weighted by molar-refractivity contribution is 7.89. The highest BCUT2D eigenvalue weighted by Crippen LogP contribution is 2.29. The molecule has 1 aliphatic rings. The van der Waals surface area contributed by atoms with Gasteiger partial charge in [0.1, 0.15) is 12.1 Å². The van der Waals surface area contributed by atoms with Crippen LogP contribution in [0.1, 0.15) is 76.3 Å². The van der Waals surface area contributed by atoms with Crippen LogP contribution >= 0.6 is 0 Å². The van der Waals surface area contributed by atoms with E-state index >= 15 is 0 Å². The molecule has 0 radical (unpaired) electrons. The van der Waals surface area contributed by atoms with E-state index in [0.717, 1.165) is 43.2 Å². The fraction of sp³-hybridized carbons (Fsp3) is 0.595. The van der Waals surface area contributed by atoms with E-state index in [4.69, 9.17) is 6.42 Å². The molecule has 2 amide bonds. The number of amides is 2. The Morgan fingerprint density at radius 3 is 2.29 bits per heavy atom. The number of carbonyl (C=O) groups excluding carboxylic acids is 2. The molecule has 0 aliphatic heterocycles. The molecule has 264 valence electrons. The van der Waals surface area contributed by atoms with Crippen molar-refractivity contribution in [1.82, 2.24) is 19.9 Å². The third-order valence-corrected chi connectivity index (χ3v) is 11.1. The first-order valence-electron chi connectivity index (χ1n) is 17.2. The summed E-state index contributed by atoms with van der Waals surface area (Å²) in [5.41, 5.74) is 1.72. The number of rotatable bonds is 19. The number of aliphatic hydroxyl groups is 2. The minimum absolute atomic E-state index is 0.130. The van der Waals surface area contributed by atoms with Crippen molar-refractivity contribution in [3.05, 3.63) is 66.0 Å². The van der Waals surface area contributed by atoms with Gasteiger partial charge in [0.2, 0.25) is 21.8 Å². The van der Waals surface area contributed by atoms with Gasteiger partial charge >= 0.3 is 0 Å². The van der Waals surface area contributed by atoms with Gasteiger partial charge in [-0.05, 0) is 60.8 Å². The number of benzene rings is 1. The van der Waals surface area contributed by atoms with E-state index in [1.165, 1.54) is 11.4 Å². The van der Waals surface area contributed by atoms with E-state index in [1.807, 2.05) is 56.3 Å². The van der Waals surface area contributed by atoms with Gasteiger partial charge < -0.3 is 20.8 Å². The molecular formula is C37H54N4O6S. The second-order valence-electron chi connectivity index (χ2n) is 13.6. The van der Waals surface area contributed by atoms with Crippen LogP contribution in [0, 0.1) is 30.1 Å². The minimum Gasteiger partial charge on any atom is -0.390 e. The van der Waals surface area contributed by atoms with Gasteiger partial charge in [0.25, 0.3) is 0 Å². The van der Waals surface area contributed by atoms with E-state index in [1.54, 1.807) is 12.4 Å². The van der Waals surface area contributed by atoms with Crippen LogP contribution < -0.4 is 10.6 Å². The lowest BCUT2D eigenvalue weighted by molar-refractivity contribution is -0.132. The number of aromatic nitrogens is 1. The van der Waals surface area contributed by atoms with Crippen molar-refractivity contribution in [3.63, 3.8) is 0 Å². The molecule has 4 N–H and O–H groups in total. The predicted molar refractivity (Wildman–Crippen MR) is 188 cm³/mol. The Labute approximate surface area is 287 Å². The standard InChI is InChI=1S/C37H54N4O6S/c1-5-12-32(37(45)40-33(25-30-15-10-7-11-16-30)35(43)34(42)23-27(2)3)39-36(44)31(24-29-13-8-6-9-14-29)26-48(46,47)41(4)22-19-28-17-20-38-21-18-28/h1,6,8-9,13-14,17-18,20-21,27,30-35,42-43H,7,10-12,15-16,19,22-26H2,2-4H3,(H,39,44)(H,40,45)/t31-,32+,33+,34+,35-/m1/s1. The zero-order valence-corrected chi connectivity index (χ0v) is 29.4. The van der Waals surface area contributed by atoms with Crippen LogP contribution in [0.25, 0.3) is 0 Å². The molecule has 1 aliphatic carbocycles. The molecule has 48 heavy (non-hydrogen) atoms. The normalized spacial score (nSPS) is 17.2. The highest BCUT2D eigenvalue weighted by atomic mass is 32.2. The Morgan fingerprint density at radius 2 is 1.67 bits per heavy atom. The molecule has 1 fully saturated rings. The number of aliphatic hydroxyl groups excluding tert-OH is 2. The van der Waals surface area contributed by atoms with Crippen LogP contribution in [0.4, 0.5) is 0 Å². The fourth-order valence-electron chi connectivity index (χ4n) is 6.34. The first-order chi connectivity index (χ1) is 22.9. The van der Waals surface area contributed by atoms with Gasteiger partial charge in [-0.25, -0.2) is 12.7 Å². The summed E-state index contributed by atoms with van der Waals surface area (Å²) in [5.74, 6) is 0.235. The largest absolute Gasteiger partial charge is 0.390 e. The third-order valence-electron chi connectivity index (χ3n) is 9.16. The van der Waals surface area contributed by atoms with Crippen LogP contribution in [-0.4, -0.2) is 83.4 Å². The summed E-state index contributed by atoms with van der Waals surface area (Å²) in [6.07, 6.45) is 13.4. The zero-order chi connectivity index (χ0) is 35.1. The summed E-state index contributed by atoms with van der Waals surface area (Å²) in [7, 11) is -2.38. The summed E-state index contributed by atoms with van der Waals surface area (Å²) in [5, 5.41) is 27.6. The Hall–Kier alpha value is -3.30. The molecule has 1 heterocycles. The molecule has 1 aromatic heterocycles. The van der Waals surface area contributed by atoms with Gasteiger partial charge in [0.05, 0.1) is 23.8 Å². The summed E-state index contributed by atoms with van der Waals surface area (Å²) in [6, 6.07) is 10.9. The van der Waals surface area contributed by atoms with Gasteiger partial charge in [-0.1, -0.05) is 76.3 Å². The number of hydrogen-bond acceptors (Lipinski definition) is 7. The van der Waals surface area contributed by atoms with Gasteiger partial charge in [0.15, 0.2) is 0 Å². The van der Waals surface area contributed by atoms with Crippen molar-refractivity contribution in [2.45, 2.75) is 102 Å². The maximum atomic E-state index is 13.8. The Kier molecular flexibility index (Phi) is 16.0. The van der Waals surface area contributed by atoms with Gasteiger partial charge in [-0.2, -0.15) is 0 Å². The topological polar surface area (TPSA) is 149 Å². The van der Waals surface area contributed by atoms with Crippen LogP contribution in [-0.2, 0) is 32.5 Å². The van der Waals surface area contributed by atoms with E-state index in [0.29, 0.717) is 25.2 Å². The molecular weight excluding hydrogens is 628 g/mol. The zero-order valence-electron chi connectivity index (χ0n) is 28.6. The first-order valence-corrected chi connectivity index (χ1v) is 18.8. The molecule has 0 unspecified atom stereocenters. The highest BCUT2D eigenvalue weighted by Gasteiger charge is 2.35. The van der Waals surface area contributed by atoms with Crippen molar-refractivity contribution in [1.29, 1.82) is 0 Å². The number of carbonyl (C=O) groups is 2. The summed E-state index contributed by atoms with van der Waals surface area (Å²) in [4.78, 5) is 31.6. The van der Waals surface area contributed by atoms with Crippen molar-refractivity contribution in [3.8, 4) is 12.3 Å². The Bertz CT molecular complexity index is 1410. The van der Waals surface area contributed by atoms with Crippen molar-refractivity contribution in [2.75, 3.05) is 19.3 Å². The van der Waals surface area contributed by atoms with Crippen LogP contribution in [0.15, 0.2) is 54.9 Å². The maximum Gasteiger partial charge on any atom is 0.243 e. The molecule has 1 saturated carbocycles. The second kappa shape index (κ2) is 19.6. The molecule has 0 bridgehead atoms. The van der Waals surface area contributed by atoms with E-state index < -0.39 is 57.8 Å². The molecule has 2 aromatic rings. The third kappa shape index (κ3) is 13.0. The van der Waals surface area contributed by atoms with Crippen molar-refractivity contribution in [2.24, 2.45) is 17.8 Å². The maximum absolute atomic E-state index is 13.8. The monoisotopic (exact) mass is 682 g/mol. The lowest BCUT2D eigenvalue weighted by atomic mass is 9.82. The average Bonchev–Trinajstić information content (AvgIpc) is 3.07. The molecule has 1 aromatic carbocycles. The SMILES string of the molecule is C#CC[C@H](NC(=O)[C@H](Cc1ccccc1)CS(=O)(=O)N(C)CCc1ccncc1)C(=O)N[C@@H](CC1CCCCC1)[C@@H](O)[C@@H](O)CC(C)C. The van der Waals surface area contributed by atoms with E-state index in [2.05, 4.69) is 21.5 Å². The number of terminal acetylenes is 1. The van der Waals surface area contributed by atoms with Gasteiger partial charge in [0, 0.05) is 32.4 Å². The van der Waals surface area contributed by atoms with Crippen LogP contribution in [0.5, 0.6) is 0 Å². The van der Waals surface area contributed by atoms with Crippen LogP contribution in [0.3, 0.4) is 0 Å². The number of nitrogens with zero attached hydrogens (tertiary/aromatic N) is 2. The molecule has 0 spiro atoms. The van der Waals surface area contributed by atoms with Crippen molar-refractivity contribution < 1.29 is 28.2 Å². The Balaban J connectivity index is 1.77. The number of hydrogen-bond donors (Lipinski definition) is 4. The molecule has 10 nitrogen and oxygen atoms in total. The number of sulfonamides is 1. The second-order valence-corrected chi connectivity index (χ2v) is 15.7. The lowest BCUT2D eigenvalue weighted by Crippen LogP contribution is -2.56. The summed E-state index contributed by atoms with van der Waals surface area (Å²) >= 11 is 0. The smallest absolute Gasteiger partial charge is 0.243 e. The van der Waals surface area contributed by atoms with Crippen molar-refractivity contribution >= 4 is 21.8 Å². The van der Waals surface area contributed by atoms with Gasteiger partial charge in [-0.3, -0.25) is 14.6 Å². The fourth-order valence-corrected chi connectivity index (χ4v) is 7.74.